The molecular formula is C9H15ClN2S. The third kappa shape index (κ3) is 3.27. The lowest BCUT2D eigenvalue weighted by molar-refractivity contribution is 0.545. The highest BCUT2D eigenvalue weighted by Crippen LogP contribution is 2.26. The number of likely N-dealkylation sites (N-methyl/N-ethyl adjacent to an activating group) is 2. The molecule has 0 aliphatic carbocycles. The van der Waals surface area contributed by atoms with Crippen molar-refractivity contribution in [2.45, 2.75) is 13.0 Å². The minimum Gasteiger partial charge on any atom is -0.315 e. The van der Waals surface area contributed by atoms with Crippen LogP contribution in [0.3, 0.4) is 0 Å². The van der Waals surface area contributed by atoms with Crippen LogP contribution in [-0.2, 0) is 0 Å². The molecule has 0 saturated carbocycles. The molecule has 2 N–H and O–H groups in total. The quantitative estimate of drug-likeness (QED) is 0.793. The van der Waals surface area contributed by atoms with Crippen molar-refractivity contribution in [2.75, 3.05) is 20.1 Å². The lowest BCUT2D eigenvalue weighted by Crippen LogP contribution is -2.28. The van der Waals surface area contributed by atoms with E-state index in [0.717, 1.165) is 17.4 Å². The number of nitrogens with one attached hydrogen (secondary N) is 2. The Labute approximate surface area is 88.3 Å². The normalized spacial score (nSPS) is 13.2. The van der Waals surface area contributed by atoms with Gasteiger partial charge in [0.1, 0.15) is 0 Å². The average molecular weight is 219 g/mol. The van der Waals surface area contributed by atoms with E-state index in [0.29, 0.717) is 6.04 Å². The van der Waals surface area contributed by atoms with Crippen LogP contribution in [0.25, 0.3) is 0 Å². The van der Waals surface area contributed by atoms with Crippen LogP contribution in [0.15, 0.2) is 12.1 Å². The van der Waals surface area contributed by atoms with Crippen LogP contribution in [0.1, 0.15) is 17.8 Å². The fourth-order valence-electron chi connectivity index (χ4n) is 1.15. The van der Waals surface area contributed by atoms with Gasteiger partial charge in [0.25, 0.3) is 0 Å². The molecule has 1 atom stereocenters. The molecule has 1 heterocycles. The molecule has 0 bridgehead atoms. The minimum absolute atomic E-state index is 0.373. The van der Waals surface area contributed by atoms with Gasteiger partial charge in [-0.05, 0) is 25.7 Å². The van der Waals surface area contributed by atoms with Crippen molar-refractivity contribution >= 4 is 22.9 Å². The molecule has 2 nitrogen and oxygen atoms in total. The van der Waals surface area contributed by atoms with E-state index in [1.807, 2.05) is 13.1 Å². The molecule has 13 heavy (non-hydrogen) atoms. The Balaban J connectivity index is 2.56. The van der Waals surface area contributed by atoms with Crippen LogP contribution in [0.4, 0.5) is 0 Å². The number of hydrogen-bond donors (Lipinski definition) is 2. The number of halogens is 1. The fraction of sp³-hybridized carbons (Fsp3) is 0.556. The first-order chi connectivity index (χ1) is 6.27. The Morgan fingerprint density at radius 1 is 1.54 bits per heavy atom. The van der Waals surface area contributed by atoms with Gasteiger partial charge in [-0.2, -0.15) is 0 Å². The molecule has 0 aromatic carbocycles. The van der Waals surface area contributed by atoms with E-state index in [2.05, 4.69) is 23.6 Å². The zero-order valence-corrected chi connectivity index (χ0v) is 9.50. The Bertz CT molecular complexity index is 250. The summed E-state index contributed by atoms with van der Waals surface area (Å²) in [6, 6.07) is 4.39. The van der Waals surface area contributed by atoms with Gasteiger partial charge in [-0.25, -0.2) is 0 Å². The first-order valence-electron chi connectivity index (χ1n) is 4.41. The molecule has 1 rings (SSSR count). The number of hydrogen-bond acceptors (Lipinski definition) is 3. The van der Waals surface area contributed by atoms with Crippen molar-refractivity contribution in [3.63, 3.8) is 0 Å². The highest BCUT2D eigenvalue weighted by atomic mass is 35.5. The molecule has 74 valence electrons. The van der Waals surface area contributed by atoms with Gasteiger partial charge in [0.15, 0.2) is 0 Å². The van der Waals surface area contributed by atoms with E-state index in [1.54, 1.807) is 11.3 Å². The fourth-order valence-corrected chi connectivity index (χ4v) is 2.32. The Kier molecular flexibility index (Phi) is 4.73. The van der Waals surface area contributed by atoms with Gasteiger partial charge < -0.3 is 10.6 Å². The van der Waals surface area contributed by atoms with Crippen LogP contribution in [0.2, 0.25) is 4.34 Å². The Morgan fingerprint density at radius 2 is 2.31 bits per heavy atom. The molecule has 0 aliphatic rings. The molecular weight excluding hydrogens is 204 g/mol. The lowest BCUT2D eigenvalue weighted by Gasteiger charge is -2.14. The van der Waals surface area contributed by atoms with Gasteiger partial charge in [0.2, 0.25) is 0 Å². The van der Waals surface area contributed by atoms with E-state index in [4.69, 9.17) is 11.6 Å². The van der Waals surface area contributed by atoms with Crippen LogP contribution < -0.4 is 10.6 Å². The first kappa shape index (κ1) is 11.0. The summed E-state index contributed by atoms with van der Waals surface area (Å²) in [5.41, 5.74) is 0. The van der Waals surface area contributed by atoms with Crippen molar-refractivity contribution in [3.8, 4) is 0 Å². The molecule has 0 spiro atoms. The summed E-state index contributed by atoms with van der Waals surface area (Å²) in [4.78, 5) is 1.29. The van der Waals surface area contributed by atoms with Crippen molar-refractivity contribution in [1.29, 1.82) is 0 Å². The third-order valence-electron chi connectivity index (χ3n) is 1.88. The van der Waals surface area contributed by atoms with Gasteiger partial charge in [-0.3, -0.25) is 0 Å². The monoisotopic (exact) mass is 218 g/mol. The summed E-state index contributed by atoms with van der Waals surface area (Å²) >= 11 is 7.50. The van der Waals surface area contributed by atoms with E-state index in [1.165, 1.54) is 4.88 Å². The first-order valence-corrected chi connectivity index (χ1v) is 5.60. The Hall–Kier alpha value is -0.0900. The van der Waals surface area contributed by atoms with Crippen LogP contribution in [-0.4, -0.2) is 20.1 Å². The van der Waals surface area contributed by atoms with E-state index < -0.39 is 0 Å². The second kappa shape index (κ2) is 5.60. The summed E-state index contributed by atoms with van der Waals surface area (Å²) < 4.78 is 0.853. The van der Waals surface area contributed by atoms with Crippen molar-refractivity contribution in [2.24, 2.45) is 0 Å². The highest BCUT2D eigenvalue weighted by Gasteiger charge is 2.10. The standard InChI is InChI=1S/C9H15ClN2S/c1-3-12-6-7(11-2)8-4-5-9(10)13-8/h4-5,7,11-12H,3,6H2,1-2H3. The largest absolute Gasteiger partial charge is 0.315 e. The SMILES string of the molecule is CCNCC(NC)c1ccc(Cl)s1. The van der Waals surface area contributed by atoms with Gasteiger partial charge in [0, 0.05) is 11.4 Å². The van der Waals surface area contributed by atoms with Crippen LogP contribution in [0, 0.1) is 0 Å². The molecule has 4 heteroatoms. The second-order valence-corrected chi connectivity index (χ2v) is 4.54. The zero-order valence-electron chi connectivity index (χ0n) is 7.93. The highest BCUT2D eigenvalue weighted by molar-refractivity contribution is 7.16. The van der Waals surface area contributed by atoms with Gasteiger partial charge >= 0.3 is 0 Å². The lowest BCUT2D eigenvalue weighted by atomic mass is 10.2. The minimum atomic E-state index is 0.373. The van der Waals surface area contributed by atoms with E-state index >= 15 is 0 Å². The molecule has 0 aliphatic heterocycles. The predicted octanol–water partition coefficient (Wildman–Crippen LogP) is 2.27. The molecule has 1 unspecified atom stereocenters. The van der Waals surface area contributed by atoms with Crippen LogP contribution >= 0.6 is 22.9 Å². The maximum atomic E-state index is 5.87. The van der Waals surface area contributed by atoms with Crippen molar-refractivity contribution in [1.82, 2.24) is 10.6 Å². The predicted molar refractivity (Wildman–Crippen MR) is 59.7 cm³/mol. The maximum absolute atomic E-state index is 5.87. The smallest absolute Gasteiger partial charge is 0.0931 e. The molecule has 0 fully saturated rings. The van der Waals surface area contributed by atoms with Crippen LogP contribution in [0.5, 0.6) is 0 Å². The maximum Gasteiger partial charge on any atom is 0.0931 e. The molecule has 1 aromatic heterocycles. The van der Waals surface area contributed by atoms with Crippen molar-refractivity contribution < 1.29 is 0 Å². The van der Waals surface area contributed by atoms with Gasteiger partial charge in [-0.1, -0.05) is 18.5 Å². The Morgan fingerprint density at radius 3 is 2.77 bits per heavy atom. The average Bonchev–Trinajstić information content (AvgIpc) is 2.54. The summed E-state index contributed by atoms with van der Waals surface area (Å²) in [6.45, 7) is 4.05. The summed E-state index contributed by atoms with van der Waals surface area (Å²) in [5, 5.41) is 6.56. The van der Waals surface area contributed by atoms with Gasteiger partial charge in [-0.15, -0.1) is 11.3 Å². The van der Waals surface area contributed by atoms with Gasteiger partial charge in [0.05, 0.1) is 10.4 Å². The van der Waals surface area contributed by atoms with E-state index in [-0.39, 0.29) is 0 Å². The second-order valence-electron chi connectivity index (χ2n) is 2.79. The topological polar surface area (TPSA) is 24.1 Å². The molecule has 0 amide bonds. The van der Waals surface area contributed by atoms with Crippen molar-refractivity contribution in [3.05, 3.63) is 21.3 Å². The number of rotatable bonds is 5. The zero-order chi connectivity index (χ0) is 9.68. The summed E-state index contributed by atoms with van der Waals surface area (Å²) in [6.07, 6.45) is 0. The van der Waals surface area contributed by atoms with E-state index in [9.17, 15) is 0 Å². The summed E-state index contributed by atoms with van der Waals surface area (Å²) in [7, 11) is 1.97. The molecule has 0 saturated heterocycles. The molecule has 0 radical (unpaired) electrons. The summed E-state index contributed by atoms with van der Waals surface area (Å²) in [5.74, 6) is 0. The molecule has 1 aromatic rings. The number of thiophene rings is 1. The third-order valence-corrected chi connectivity index (χ3v) is 3.23.